The van der Waals surface area contributed by atoms with Crippen LogP contribution in [0.15, 0.2) is 30.3 Å². The van der Waals surface area contributed by atoms with Crippen LogP contribution in [-0.2, 0) is 0 Å². The lowest BCUT2D eigenvalue weighted by atomic mass is 9.87. The molecule has 1 unspecified atom stereocenters. The Hall–Kier alpha value is -1.25. The summed E-state index contributed by atoms with van der Waals surface area (Å²) in [5, 5.41) is 0. The first-order valence-corrected chi connectivity index (χ1v) is 4.41. The van der Waals surface area contributed by atoms with E-state index in [1.54, 1.807) is 36.4 Å². The Morgan fingerprint density at radius 2 is 1.86 bits per heavy atom. The first kappa shape index (κ1) is 9.31. The Morgan fingerprint density at radius 1 is 1.14 bits per heavy atom. The van der Waals surface area contributed by atoms with Gasteiger partial charge in [-0.2, -0.15) is 13.2 Å². The molecule has 14 heavy (non-hydrogen) atoms. The summed E-state index contributed by atoms with van der Waals surface area (Å²) in [5.41, 5.74) is 1.07. The fourth-order valence-corrected chi connectivity index (χ4v) is 1.75. The van der Waals surface area contributed by atoms with Gasteiger partial charge in [-0.1, -0.05) is 36.4 Å². The topological polar surface area (TPSA) is 0 Å². The molecule has 0 nitrogen and oxygen atoms in total. The number of fused-ring (bicyclic) bond motifs is 1. The number of rotatable bonds is 0. The molecule has 3 heteroatoms. The lowest BCUT2D eigenvalue weighted by molar-refractivity contribution is -0.149. The predicted octanol–water partition coefficient (Wildman–Crippen LogP) is 3.75. The summed E-state index contributed by atoms with van der Waals surface area (Å²) in [6.45, 7) is 0. The number of hydrogen-bond acceptors (Lipinski definition) is 0. The van der Waals surface area contributed by atoms with Crippen molar-refractivity contribution in [3.63, 3.8) is 0 Å². The average molecular weight is 198 g/mol. The van der Waals surface area contributed by atoms with Crippen LogP contribution >= 0.6 is 0 Å². The Bertz CT molecular complexity index is 363. The van der Waals surface area contributed by atoms with Crippen LogP contribution < -0.4 is 0 Å². The zero-order valence-corrected chi connectivity index (χ0v) is 7.38. The maximum Gasteiger partial charge on any atom is 0.396 e. The molecule has 0 aromatic heterocycles. The molecule has 0 fully saturated rings. The van der Waals surface area contributed by atoms with E-state index in [4.69, 9.17) is 0 Å². The van der Waals surface area contributed by atoms with Crippen LogP contribution in [-0.4, -0.2) is 6.18 Å². The lowest BCUT2D eigenvalue weighted by Crippen LogP contribution is -2.22. The average Bonchev–Trinajstić information content (AvgIpc) is 2.15. The molecule has 1 aliphatic carbocycles. The molecule has 0 aliphatic heterocycles. The predicted molar refractivity (Wildman–Crippen MR) is 48.9 cm³/mol. The molecule has 0 saturated carbocycles. The first-order valence-electron chi connectivity index (χ1n) is 4.41. The van der Waals surface area contributed by atoms with Crippen molar-refractivity contribution in [2.75, 3.05) is 0 Å². The highest BCUT2D eigenvalue weighted by atomic mass is 19.4. The van der Waals surface area contributed by atoms with E-state index in [1.165, 1.54) is 0 Å². The molecule has 0 N–H and O–H groups in total. The fourth-order valence-electron chi connectivity index (χ4n) is 1.75. The molecule has 0 radical (unpaired) electrons. The summed E-state index contributed by atoms with van der Waals surface area (Å²) in [5.74, 6) is -1.33. The molecule has 0 amide bonds. The van der Waals surface area contributed by atoms with Gasteiger partial charge in [0.25, 0.3) is 0 Å². The van der Waals surface area contributed by atoms with Gasteiger partial charge in [0.1, 0.15) is 0 Å². The summed E-state index contributed by atoms with van der Waals surface area (Å²) < 4.78 is 37.8. The maximum absolute atomic E-state index is 12.6. The molecule has 1 aromatic rings. The zero-order chi connectivity index (χ0) is 10.2. The molecular weight excluding hydrogens is 189 g/mol. The van der Waals surface area contributed by atoms with E-state index in [9.17, 15) is 13.2 Å². The van der Waals surface area contributed by atoms with E-state index in [2.05, 4.69) is 0 Å². The quantitative estimate of drug-likeness (QED) is 0.595. The van der Waals surface area contributed by atoms with Gasteiger partial charge in [0.05, 0.1) is 5.92 Å². The lowest BCUT2D eigenvalue weighted by Gasteiger charge is -2.23. The minimum atomic E-state index is -4.14. The smallest absolute Gasteiger partial charge is 0.170 e. The highest BCUT2D eigenvalue weighted by Crippen LogP contribution is 2.41. The van der Waals surface area contributed by atoms with Gasteiger partial charge in [0.2, 0.25) is 0 Å². The van der Waals surface area contributed by atoms with Crippen molar-refractivity contribution >= 4 is 6.08 Å². The van der Waals surface area contributed by atoms with Crippen molar-refractivity contribution in [3.05, 3.63) is 41.5 Å². The minimum Gasteiger partial charge on any atom is -0.170 e. The highest BCUT2D eigenvalue weighted by molar-refractivity contribution is 5.57. The molecule has 0 bridgehead atoms. The van der Waals surface area contributed by atoms with Gasteiger partial charge in [-0.05, 0) is 17.5 Å². The standard InChI is InChI=1S/C11H9F3/c12-11(13,14)10-7-3-5-8-4-1-2-6-9(8)10/h1-6,10H,7H2. The van der Waals surface area contributed by atoms with Gasteiger partial charge in [0.15, 0.2) is 0 Å². The number of allylic oxidation sites excluding steroid dienone is 1. The Labute approximate surface area is 80.1 Å². The first-order chi connectivity index (χ1) is 6.59. The summed E-state index contributed by atoms with van der Waals surface area (Å²) >= 11 is 0. The molecule has 1 aromatic carbocycles. The van der Waals surface area contributed by atoms with Gasteiger partial charge in [0, 0.05) is 0 Å². The van der Waals surface area contributed by atoms with E-state index < -0.39 is 12.1 Å². The van der Waals surface area contributed by atoms with Crippen molar-refractivity contribution in [3.8, 4) is 0 Å². The van der Waals surface area contributed by atoms with Crippen LogP contribution in [0.4, 0.5) is 13.2 Å². The van der Waals surface area contributed by atoms with Crippen molar-refractivity contribution in [1.82, 2.24) is 0 Å². The summed E-state index contributed by atoms with van der Waals surface area (Å²) in [6, 6.07) is 6.67. The van der Waals surface area contributed by atoms with Gasteiger partial charge < -0.3 is 0 Å². The van der Waals surface area contributed by atoms with E-state index >= 15 is 0 Å². The molecule has 0 saturated heterocycles. The third-order valence-electron chi connectivity index (χ3n) is 2.44. The van der Waals surface area contributed by atoms with Crippen LogP contribution in [0, 0.1) is 0 Å². The van der Waals surface area contributed by atoms with E-state index in [-0.39, 0.29) is 6.42 Å². The number of halogens is 3. The Kier molecular flexibility index (Phi) is 2.10. The third-order valence-corrected chi connectivity index (χ3v) is 2.44. The normalized spacial score (nSPS) is 20.6. The fraction of sp³-hybridized carbons (Fsp3) is 0.273. The van der Waals surface area contributed by atoms with Crippen LogP contribution in [0.1, 0.15) is 23.5 Å². The highest BCUT2D eigenvalue weighted by Gasteiger charge is 2.41. The van der Waals surface area contributed by atoms with E-state index in [0.29, 0.717) is 11.1 Å². The SMILES string of the molecule is FC(F)(F)C1CC=Cc2ccccc21. The summed E-state index contributed by atoms with van der Waals surface area (Å²) in [4.78, 5) is 0. The van der Waals surface area contributed by atoms with E-state index in [0.717, 1.165) is 0 Å². The van der Waals surface area contributed by atoms with E-state index in [1.807, 2.05) is 0 Å². The van der Waals surface area contributed by atoms with Crippen molar-refractivity contribution in [2.45, 2.75) is 18.5 Å². The summed E-state index contributed by atoms with van der Waals surface area (Å²) in [6.07, 6.45) is -0.751. The molecule has 74 valence electrons. The van der Waals surface area contributed by atoms with Gasteiger partial charge in [-0.3, -0.25) is 0 Å². The van der Waals surface area contributed by atoms with Crippen LogP contribution in [0.2, 0.25) is 0 Å². The van der Waals surface area contributed by atoms with Crippen LogP contribution in [0.25, 0.3) is 6.08 Å². The Morgan fingerprint density at radius 3 is 2.57 bits per heavy atom. The molecular formula is C11H9F3. The minimum absolute atomic E-state index is 0.0561. The van der Waals surface area contributed by atoms with Gasteiger partial charge in [-0.15, -0.1) is 0 Å². The van der Waals surface area contributed by atoms with Gasteiger partial charge >= 0.3 is 6.18 Å². The maximum atomic E-state index is 12.6. The van der Waals surface area contributed by atoms with Crippen molar-refractivity contribution in [2.24, 2.45) is 0 Å². The largest absolute Gasteiger partial charge is 0.396 e. The number of hydrogen-bond donors (Lipinski definition) is 0. The molecule has 1 aliphatic rings. The molecule has 2 rings (SSSR count). The second kappa shape index (κ2) is 3.15. The third kappa shape index (κ3) is 1.54. The van der Waals surface area contributed by atoms with Crippen molar-refractivity contribution < 1.29 is 13.2 Å². The Balaban J connectivity index is 2.46. The number of benzene rings is 1. The second-order valence-electron chi connectivity index (χ2n) is 3.36. The molecule has 1 atom stereocenters. The number of alkyl halides is 3. The van der Waals surface area contributed by atoms with Crippen molar-refractivity contribution in [1.29, 1.82) is 0 Å². The second-order valence-corrected chi connectivity index (χ2v) is 3.36. The van der Waals surface area contributed by atoms with Crippen LogP contribution in [0.5, 0.6) is 0 Å². The molecule has 0 spiro atoms. The zero-order valence-electron chi connectivity index (χ0n) is 7.38. The van der Waals surface area contributed by atoms with Crippen LogP contribution in [0.3, 0.4) is 0 Å². The molecule has 0 heterocycles. The van der Waals surface area contributed by atoms with Gasteiger partial charge in [-0.25, -0.2) is 0 Å². The summed E-state index contributed by atoms with van der Waals surface area (Å²) in [7, 11) is 0. The monoisotopic (exact) mass is 198 g/mol.